The summed E-state index contributed by atoms with van der Waals surface area (Å²) in [4.78, 5) is 22.7. The van der Waals surface area contributed by atoms with E-state index in [1.165, 1.54) is 12.6 Å². The summed E-state index contributed by atoms with van der Waals surface area (Å²) in [5, 5.41) is 11.3. The number of rotatable bonds is 2. The average Bonchev–Trinajstić information content (AvgIpc) is 3.33. The number of phenols is 1. The average molecular weight is 393 g/mol. The van der Waals surface area contributed by atoms with Crippen LogP contribution >= 0.6 is 11.3 Å². The smallest absolute Gasteiger partial charge is 0.291 e. The number of aromatic hydroxyl groups is 1. The van der Waals surface area contributed by atoms with Crippen molar-refractivity contribution in [1.82, 2.24) is 14.9 Å². The van der Waals surface area contributed by atoms with Crippen molar-refractivity contribution in [1.29, 1.82) is 0 Å². The standard InChI is InChI=1S/C20H15N3O4S/c24-15-8-12(19-22-14-3-1-2-4-17(14)28-19)7-13-10-23(5-6-26-18(13)15)20(25)16-9-21-11-27-16/h1-4,7-9,11,24H,5-6,10H2. The Labute approximate surface area is 163 Å². The lowest BCUT2D eigenvalue weighted by atomic mass is 10.1. The van der Waals surface area contributed by atoms with Gasteiger partial charge in [-0.05, 0) is 24.3 Å². The summed E-state index contributed by atoms with van der Waals surface area (Å²) >= 11 is 1.55. The van der Waals surface area contributed by atoms with Gasteiger partial charge in [0.25, 0.3) is 5.91 Å². The van der Waals surface area contributed by atoms with Gasteiger partial charge in [-0.1, -0.05) is 12.1 Å². The molecule has 1 aliphatic rings. The molecule has 0 fully saturated rings. The second-order valence-electron chi connectivity index (χ2n) is 6.41. The number of phenolic OH excluding ortho intramolecular Hbond substituents is 1. The fraction of sp³-hybridized carbons (Fsp3) is 0.150. The van der Waals surface area contributed by atoms with Crippen LogP contribution in [0.5, 0.6) is 11.5 Å². The zero-order valence-corrected chi connectivity index (χ0v) is 15.5. The van der Waals surface area contributed by atoms with Crippen molar-refractivity contribution in [3.63, 3.8) is 0 Å². The first-order valence-electron chi connectivity index (χ1n) is 8.71. The largest absolute Gasteiger partial charge is 0.504 e. The van der Waals surface area contributed by atoms with Crippen molar-refractivity contribution in [2.45, 2.75) is 6.54 Å². The highest BCUT2D eigenvalue weighted by molar-refractivity contribution is 7.21. The molecule has 2 aromatic carbocycles. The van der Waals surface area contributed by atoms with Crippen LogP contribution in [0, 0.1) is 0 Å². The van der Waals surface area contributed by atoms with Crippen LogP contribution in [0.15, 0.2) is 53.4 Å². The number of nitrogens with zero attached hydrogens (tertiary/aromatic N) is 3. The van der Waals surface area contributed by atoms with Gasteiger partial charge in [0.15, 0.2) is 17.9 Å². The highest BCUT2D eigenvalue weighted by Crippen LogP contribution is 2.39. The van der Waals surface area contributed by atoms with E-state index in [9.17, 15) is 9.90 Å². The van der Waals surface area contributed by atoms with Crippen molar-refractivity contribution in [2.75, 3.05) is 13.2 Å². The minimum atomic E-state index is -0.265. The second kappa shape index (κ2) is 6.65. The number of thiazole rings is 1. The fourth-order valence-corrected chi connectivity index (χ4v) is 4.22. The number of oxazole rings is 1. The molecule has 1 amide bonds. The topological polar surface area (TPSA) is 88.7 Å². The summed E-state index contributed by atoms with van der Waals surface area (Å²) in [6.45, 7) is 0.951. The predicted octanol–water partition coefficient (Wildman–Crippen LogP) is 3.69. The molecule has 140 valence electrons. The van der Waals surface area contributed by atoms with Crippen LogP contribution in [0.25, 0.3) is 20.8 Å². The molecule has 8 heteroatoms. The summed E-state index contributed by atoms with van der Waals surface area (Å²) in [6.07, 6.45) is 2.62. The van der Waals surface area contributed by atoms with Gasteiger partial charge < -0.3 is 19.2 Å². The van der Waals surface area contributed by atoms with E-state index >= 15 is 0 Å². The number of ether oxygens (including phenoxy) is 1. The molecule has 0 saturated carbocycles. The van der Waals surface area contributed by atoms with E-state index in [2.05, 4.69) is 9.97 Å². The lowest BCUT2D eigenvalue weighted by molar-refractivity contribution is 0.0701. The third-order valence-electron chi connectivity index (χ3n) is 4.59. The van der Waals surface area contributed by atoms with Crippen molar-refractivity contribution in [2.24, 2.45) is 0 Å². The van der Waals surface area contributed by atoms with Gasteiger partial charge in [0.2, 0.25) is 5.76 Å². The van der Waals surface area contributed by atoms with Crippen LogP contribution in [0.4, 0.5) is 0 Å². The van der Waals surface area contributed by atoms with Gasteiger partial charge in [0.05, 0.1) is 29.5 Å². The predicted molar refractivity (Wildman–Crippen MR) is 103 cm³/mol. The first-order chi connectivity index (χ1) is 13.7. The monoisotopic (exact) mass is 393 g/mol. The van der Waals surface area contributed by atoms with Crippen molar-refractivity contribution >= 4 is 27.5 Å². The van der Waals surface area contributed by atoms with Gasteiger partial charge >= 0.3 is 0 Å². The van der Waals surface area contributed by atoms with Gasteiger partial charge in [0.1, 0.15) is 11.6 Å². The molecule has 4 aromatic rings. The Balaban J connectivity index is 1.53. The van der Waals surface area contributed by atoms with E-state index in [0.717, 1.165) is 26.4 Å². The number of benzene rings is 2. The first-order valence-corrected chi connectivity index (χ1v) is 9.53. The molecular formula is C20H15N3O4S. The molecule has 0 aliphatic carbocycles. The van der Waals surface area contributed by atoms with Gasteiger partial charge in [-0.3, -0.25) is 4.79 Å². The van der Waals surface area contributed by atoms with Crippen LogP contribution in [0.1, 0.15) is 16.1 Å². The van der Waals surface area contributed by atoms with Crippen LogP contribution in [0.3, 0.4) is 0 Å². The van der Waals surface area contributed by atoms with Crippen molar-refractivity contribution in [3.8, 4) is 22.1 Å². The van der Waals surface area contributed by atoms with Crippen LogP contribution in [-0.2, 0) is 6.54 Å². The molecule has 0 saturated heterocycles. The minimum Gasteiger partial charge on any atom is -0.504 e. The molecule has 3 heterocycles. The number of amides is 1. The van der Waals surface area contributed by atoms with Crippen LogP contribution in [0.2, 0.25) is 0 Å². The maximum atomic E-state index is 12.6. The molecule has 2 aromatic heterocycles. The van der Waals surface area contributed by atoms with Crippen molar-refractivity contribution in [3.05, 3.63) is 60.3 Å². The molecule has 0 unspecified atom stereocenters. The van der Waals surface area contributed by atoms with Gasteiger partial charge in [-0.25, -0.2) is 9.97 Å². The summed E-state index contributed by atoms with van der Waals surface area (Å²) < 4.78 is 11.9. The number of aromatic nitrogens is 2. The third kappa shape index (κ3) is 2.87. The van der Waals surface area contributed by atoms with E-state index in [0.29, 0.717) is 18.8 Å². The maximum absolute atomic E-state index is 12.6. The normalized spacial score (nSPS) is 13.8. The zero-order valence-electron chi connectivity index (χ0n) is 14.7. The number of hydrogen-bond acceptors (Lipinski definition) is 7. The Morgan fingerprint density at radius 1 is 1.25 bits per heavy atom. The van der Waals surface area contributed by atoms with Crippen molar-refractivity contribution < 1.29 is 19.1 Å². The van der Waals surface area contributed by atoms with E-state index in [1.807, 2.05) is 30.3 Å². The van der Waals surface area contributed by atoms with E-state index in [-0.39, 0.29) is 24.0 Å². The van der Waals surface area contributed by atoms with Gasteiger partial charge in [-0.2, -0.15) is 0 Å². The molecule has 28 heavy (non-hydrogen) atoms. The molecule has 7 nitrogen and oxygen atoms in total. The molecule has 0 atom stereocenters. The fourth-order valence-electron chi connectivity index (χ4n) is 3.27. The van der Waals surface area contributed by atoms with E-state index < -0.39 is 0 Å². The van der Waals surface area contributed by atoms with Gasteiger partial charge in [-0.15, -0.1) is 11.3 Å². The number of carbonyl (C=O) groups excluding carboxylic acids is 1. The second-order valence-corrected chi connectivity index (χ2v) is 7.44. The quantitative estimate of drug-likeness (QED) is 0.559. The summed E-state index contributed by atoms with van der Waals surface area (Å²) in [6, 6.07) is 11.5. The summed E-state index contributed by atoms with van der Waals surface area (Å²) in [5.41, 5.74) is 2.42. The SMILES string of the molecule is O=C(c1cnco1)N1CCOc2c(O)cc(-c3nc4ccccc4s3)cc2C1. The highest BCUT2D eigenvalue weighted by Gasteiger charge is 2.25. The van der Waals surface area contributed by atoms with Crippen LogP contribution in [-0.4, -0.2) is 39.0 Å². The Hall–Kier alpha value is -3.39. The Kier molecular flexibility index (Phi) is 3.98. The molecule has 5 rings (SSSR count). The van der Waals surface area contributed by atoms with Crippen LogP contribution < -0.4 is 4.74 Å². The van der Waals surface area contributed by atoms with E-state index in [1.54, 1.807) is 22.3 Å². The minimum absolute atomic E-state index is 0.0423. The summed E-state index contributed by atoms with van der Waals surface area (Å²) in [5.74, 6) is 0.354. The number of carbonyl (C=O) groups is 1. The molecular weight excluding hydrogens is 378 g/mol. The lowest BCUT2D eigenvalue weighted by Gasteiger charge is -2.18. The Bertz CT molecular complexity index is 1140. The molecule has 0 bridgehead atoms. The Morgan fingerprint density at radius 3 is 2.96 bits per heavy atom. The number of fused-ring (bicyclic) bond motifs is 2. The van der Waals surface area contributed by atoms with Gasteiger partial charge in [0, 0.05) is 11.1 Å². The van der Waals surface area contributed by atoms with E-state index in [4.69, 9.17) is 9.15 Å². The molecule has 1 N–H and O–H groups in total. The first kappa shape index (κ1) is 16.8. The zero-order chi connectivity index (χ0) is 19.1. The maximum Gasteiger partial charge on any atom is 0.291 e. The molecule has 0 radical (unpaired) electrons. The molecule has 1 aliphatic heterocycles. The third-order valence-corrected chi connectivity index (χ3v) is 5.67. The Morgan fingerprint density at radius 2 is 2.14 bits per heavy atom. The highest BCUT2D eigenvalue weighted by atomic mass is 32.1. The summed E-state index contributed by atoms with van der Waals surface area (Å²) in [7, 11) is 0. The number of para-hydroxylation sites is 1. The number of hydrogen-bond donors (Lipinski definition) is 1. The lowest BCUT2D eigenvalue weighted by Crippen LogP contribution is -2.32. The molecule has 0 spiro atoms.